The number of non-ortho nitro benzene ring substituents is 1. The summed E-state index contributed by atoms with van der Waals surface area (Å²) in [5, 5.41) is 25.4. The molecule has 3 rings (SSSR count). The number of nitrogens with one attached hydrogen (secondary N) is 2. The van der Waals surface area contributed by atoms with Gasteiger partial charge in [-0.1, -0.05) is 30.3 Å². The van der Waals surface area contributed by atoms with Crippen molar-refractivity contribution in [2.75, 3.05) is 0 Å². The lowest BCUT2D eigenvalue weighted by atomic mass is 10.0. The first-order chi connectivity index (χ1) is 13.4. The number of nitrogens with zero attached hydrogens (tertiary/aromatic N) is 3. The van der Waals surface area contributed by atoms with E-state index >= 15 is 0 Å². The van der Waals surface area contributed by atoms with Gasteiger partial charge in [0.25, 0.3) is 11.2 Å². The Labute approximate surface area is 162 Å². The third-order valence-electron chi connectivity index (χ3n) is 3.79. The summed E-state index contributed by atoms with van der Waals surface area (Å²) in [6, 6.07) is 12.4. The van der Waals surface area contributed by atoms with Gasteiger partial charge in [-0.15, -0.1) is 0 Å². The fourth-order valence-electron chi connectivity index (χ4n) is 2.51. The van der Waals surface area contributed by atoms with Crippen molar-refractivity contribution < 1.29 is 10.0 Å². The standard InChI is InChI=1S/C17H14N6O4S/c18-17(28)22-21-13(15(24)9-4-2-1-3-5-9)14-16(25)20-12-8-10(23(26)27)6-7-11(12)19-14/h1-8,15,24H,(H,20,25)(H3,18,22,28)/b21-13+/t15-/m0/s1. The minimum Gasteiger partial charge on any atom is -0.382 e. The maximum Gasteiger partial charge on any atom is 0.276 e. The Hall–Kier alpha value is -3.70. The zero-order valence-electron chi connectivity index (χ0n) is 14.2. The molecule has 3 aromatic rings. The lowest BCUT2D eigenvalue weighted by Crippen LogP contribution is -2.31. The van der Waals surface area contributed by atoms with Gasteiger partial charge < -0.3 is 15.8 Å². The van der Waals surface area contributed by atoms with Gasteiger partial charge in [-0.3, -0.25) is 20.3 Å². The number of thiocarbonyl (C=S) groups is 1. The molecular weight excluding hydrogens is 384 g/mol. The van der Waals surface area contributed by atoms with Crippen molar-refractivity contribution in [1.29, 1.82) is 0 Å². The quantitative estimate of drug-likeness (QED) is 0.215. The SMILES string of the molecule is NC(=S)N/N=C(\c1nc2ccc([N+](=O)[O-])cc2[nH]c1=O)[C@@H](O)c1ccccc1. The van der Waals surface area contributed by atoms with Crippen molar-refractivity contribution in [1.82, 2.24) is 15.4 Å². The van der Waals surface area contributed by atoms with E-state index in [0.29, 0.717) is 5.56 Å². The van der Waals surface area contributed by atoms with Gasteiger partial charge in [-0.25, -0.2) is 4.98 Å². The molecule has 0 radical (unpaired) electrons. The molecule has 1 aromatic heterocycles. The van der Waals surface area contributed by atoms with Gasteiger partial charge >= 0.3 is 0 Å². The van der Waals surface area contributed by atoms with Crippen LogP contribution in [0.15, 0.2) is 58.4 Å². The third kappa shape index (κ3) is 4.00. The van der Waals surface area contributed by atoms with Crippen LogP contribution < -0.4 is 16.7 Å². The first-order valence-corrected chi connectivity index (χ1v) is 8.32. The summed E-state index contributed by atoms with van der Waals surface area (Å²) >= 11 is 4.72. The summed E-state index contributed by atoms with van der Waals surface area (Å²) in [6.07, 6.45) is -1.30. The number of aromatic nitrogens is 2. The van der Waals surface area contributed by atoms with E-state index in [-0.39, 0.29) is 33.2 Å². The van der Waals surface area contributed by atoms with E-state index in [2.05, 4.69) is 20.5 Å². The van der Waals surface area contributed by atoms with Crippen molar-refractivity contribution in [2.45, 2.75) is 6.10 Å². The molecule has 0 unspecified atom stereocenters. The molecule has 0 bridgehead atoms. The second-order valence-electron chi connectivity index (χ2n) is 5.66. The van der Waals surface area contributed by atoms with Crippen LogP contribution in [0.2, 0.25) is 0 Å². The third-order valence-corrected chi connectivity index (χ3v) is 3.88. The molecule has 1 heterocycles. The van der Waals surface area contributed by atoms with Crippen molar-refractivity contribution in [3.8, 4) is 0 Å². The molecule has 2 aromatic carbocycles. The second-order valence-corrected chi connectivity index (χ2v) is 6.10. The number of fused-ring (bicyclic) bond motifs is 1. The van der Waals surface area contributed by atoms with E-state index in [1.807, 2.05) is 0 Å². The number of aliphatic hydroxyl groups is 1. The van der Waals surface area contributed by atoms with Crippen LogP contribution in [0.1, 0.15) is 17.4 Å². The van der Waals surface area contributed by atoms with Crippen LogP contribution in [0.3, 0.4) is 0 Å². The van der Waals surface area contributed by atoms with Crippen LogP contribution in [0, 0.1) is 10.1 Å². The van der Waals surface area contributed by atoms with Gasteiger partial charge in [0.05, 0.1) is 16.0 Å². The molecule has 1 atom stereocenters. The van der Waals surface area contributed by atoms with Crippen LogP contribution >= 0.6 is 12.2 Å². The highest BCUT2D eigenvalue weighted by atomic mass is 32.1. The van der Waals surface area contributed by atoms with Gasteiger partial charge in [0.2, 0.25) is 0 Å². The van der Waals surface area contributed by atoms with Crippen molar-refractivity contribution in [3.63, 3.8) is 0 Å². The molecule has 10 nitrogen and oxygen atoms in total. The van der Waals surface area contributed by atoms with Crippen LogP contribution in [0.25, 0.3) is 11.0 Å². The van der Waals surface area contributed by atoms with Crippen molar-refractivity contribution in [2.24, 2.45) is 10.8 Å². The van der Waals surface area contributed by atoms with Crippen LogP contribution in [-0.2, 0) is 0 Å². The Morgan fingerprint density at radius 1 is 1.32 bits per heavy atom. The average molecular weight is 398 g/mol. The Morgan fingerprint density at radius 2 is 2.04 bits per heavy atom. The smallest absolute Gasteiger partial charge is 0.276 e. The van der Waals surface area contributed by atoms with E-state index in [9.17, 15) is 20.0 Å². The summed E-state index contributed by atoms with van der Waals surface area (Å²) < 4.78 is 0. The molecule has 0 saturated carbocycles. The molecule has 0 aliphatic heterocycles. The first kappa shape index (κ1) is 19.1. The lowest BCUT2D eigenvalue weighted by Gasteiger charge is -2.14. The highest BCUT2D eigenvalue weighted by Crippen LogP contribution is 2.20. The number of hydrogen-bond donors (Lipinski definition) is 4. The number of hydrazone groups is 1. The fourth-order valence-corrected chi connectivity index (χ4v) is 2.56. The average Bonchev–Trinajstić information content (AvgIpc) is 2.68. The number of nitro benzene ring substituents is 1. The molecule has 0 saturated heterocycles. The van der Waals surface area contributed by atoms with E-state index in [4.69, 9.17) is 18.0 Å². The summed E-state index contributed by atoms with van der Waals surface area (Å²) in [5.74, 6) is 0. The molecule has 11 heteroatoms. The summed E-state index contributed by atoms with van der Waals surface area (Å²) in [5.41, 5.74) is 7.50. The number of benzene rings is 2. The molecule has 0 fully saturated rings. The highest BCUT2D eigenvalue weighted by molar-refractivity contribution is 7.80. The zero-order valence-corrected chi connectivity index (χ0v) is 15.0. The zero-order chi connectivity index (χ0) is 20.3. The largest absolute Gasteiger partial charge is 0.382 e. The normalized spacial score (nSPS) is 12.5. The number of H-pyrrole nitrogens is 1. The number of aliphatic hydroxyl groups excluding tert-OH is 1. The number of nitrogens with two attached hydrogens (primary N) is 1. The van der Waals surface area contributed by atoms with Gasteiger partial charge in [0.15, 0.2) is 10.8 Å². The maximum absolute atomic E-state index is 12.6. The maximum atomic E-state index is 12.6. The Kier molecular flexibility index (Phi) is 5.38. The number of hydrogen-bond acceptors (Lipinski definition) is 7. The molecule has 28 heavy (non-hydrogen) atoms. The van der Waals surface area contributed by atoms with Gasteiger partial charge in [-0.05, 0) is 23.8 Å². The minimum absolute atomic E-state index is 0.111. The summed E-state index contributed by atoms with van der Waals surface area (Å²) in [7, 11) is 0. The number of rotatable bonds is 5. The Balaban J connectivity index is 2.15. The van der Waals surface area contributed by atoms with E-state index in [1.165, 1.54) is 18.2 Å². The minimum atomic E-state index is -1.30. The lowest BCUT2D eigenvalue weighted by molar-refractivity contribution is -0.384. The number of nitro groups is 1. The molecule has 0 amide bonds. The topological polar surface area (TPSA) is 160 Å². The van der Waals surface area contributed by atoms with Crippen LogP contribution in [0.4, 0.5) is 5.69 Å². The van der Waals surface area contributed by atoms with Gasteiger partial charge in [-0.2, -0.15) is 5.10 Å². The predicted molar refractivity (Wildman–Crippen MR) is 107 cm³/mol. The van der Waals surface area contributed by atoms with Crippen LogP contribution in [-0.4, -0.2) is 30.8 Å². The van der Waals surface area contributed by atoms with E-state index in [0.717, 1.165) is 0 Å². The Morgan fingerprint density at radius 3 is 2.68 bits per heavy atom. The van der Waals surface area contributed by atoms with E-state index in [1.54, 1.807) is 30.3 Å². The molecule has 0 aliphatic rings. The van der Waals surface area contributed by atoms with Gasteiger partial charge in [0.1, 0.15) is 11.8 Å². The molecule has 0 aliphatic carbocycles. The fraction of sp³-hybridized carbons (Fsp3) is 0.0588. The summed E-state index contributed by atoms with van der Waals surface area (Å²) in [4.78, 5) is 29.6. The second kappa shape index (κ2) is 7.90. The first-order valence-electron chi connectivity index (χ1n) is 7.91. The van der Waals surface area contributed by atoms with Crippen molar-refractivity contribution >= 4 is 39.8 Å². The molecule has 5 N–H and O–H groups in total. The summed E-state index contributed by atoms with van der Waals surface area (Å²) in [6.45, 7) is 0. The van der Waals surface area contributed by atoms with E-state index < -0.39 is 16.6 Å². The predicted octanol–water partition coefficient (Wildman–Crippen LogP) is 1.10. The Bertz CT molecular complexity index is 1150. The molecule has 0 spiro atoms. The van der Waals surface area contributed by atoms with Gasteiger partial charge in [0, 0.05) is 12.1 Å². The number of aromatic amines is 1. The molecule has 142 valence electrons. The van der Waals surface area contributed by atoms with Crippen molar-refractivity contribution in [3.05, 3.63) is 80.3 Å². The van der Waals surface area contributed by atoms with Crippen LogP contribution in [0.5, 0.6) is 0 Å². The highest BCUT2D eigenvalue weighted by Gasteiger charge is 2.23. The monoisotopic (exact) mass is 398 g/mol. The molecular formula is C17H14N6O4S.